The van der Waals surface area contributed by atoms with Gasteiger partial charge in [0.05, 0.1) is 0 Å². The first kappa shape index (κ1) is 96.8. The van der Waals surface area contributed by atoms with Crippen molar-refractivity contribution in [2.45, 2.75) is 299 Å². The summed E-state index contributed by atoms with van der Waals surface area (Å²) < 4.78 is 0. The molecule has 0 aliphatic carbocycles. The fourth-order valence-electron chi connectivity index (χ4n) is 9.02. The Labute approximate surface area is 517 Å². The maximum Gasteiger partial charge on any atom is -0.0136 e. The molecule has 0 N–H and O–H groups in total. The summed E-state index contributed by atoms with van der Waals surface area (Å²) >= 11 is 0. The van der Waals surface area contributed by atoms with Gasteiger partial charge >= 0.3 is 0 Å². The normalized spacial score (nSPS) is 11.7. The zero-order valence-electron chi connectivity index (χ0n) is 59.7. The third-order valence-electron chi connectivity index (χ3n) is 13.0. The van der Waals surface area contributed by atoms with Crippen molar-refractivity contribution < 1.29 is 0 Å². The quantitative estimate of drug-likeness (QED) is 0.0821. The molecular weight excluding hydrogens is 973 g/mol. The Balaban J connectivity index is -0.000000108. The van der Waals surface area contributed by atoms with Crippen LogP contribution in [0.1, 0.15) is 321 Å². The van der Waals surface area contributed by atoms with Crippen LogP contribution in [0, 0.1) is 65.1 Å². The van der Waals surface area contributed by atoms with Gasteiger partial charge in [-0.15, -0.1) is 6.58 Å². The first-order valence-electron chi connectivity index (χ1n) is 33.1. The minimum absolute atomic E-state index is 0. The van der Waals surface area contributed by atoms with E-state index >= 15 is 0 Å². The van der Waals surface area contributed by atoms with E-state index in [1.807, 2.05) is 62.3 Å². The molecule has 81 heavy (non-hydrogen) atoms. The molecule has 5 unspecified atom stereocenters. The van der Waals surface area contributed by atoms with Crippen LogP contribution in [-0.4, -0.2) is 0 Å². The molecule has 0 radical (unpaired) electrons. The Bertz CT molecular complexity index is 1440. The lowest BCUT2D eigenvalue weighted by Crippen LogP contribution is -2.09. The van der Waals surface area contributed by atoms with Crippen LogP contribution in [0.5, 0.6) is 0 Å². The molecule has 0 amide bonds. The van der Waals surface area contributed by atoms with Crippen molar-refractivity contribution in [3.63, 3.8) is 0 Å². The van der Waals surface area contributed by atoms with Crippen molar-refractivity contribution in [1.29, 1.82) is 0 Å². The second-order valence-corrected chi connectivity index (χ2v) is 24.5. The van der Waals surface area contributed by atoms with Crippen LogP contribution in [0.2, 0.25) is 0 Å². The summed E-state index contributed by atoms with van der Waals surface area (Å²) in [5, 5.41) is 0. The Morgan fingerprint density at radius 3 is 0.506 bits per heavy atom. The van der Waals surface area contributed by atoms with Crippen molar-refractivity contribution >= 4 is 0 Å². The molecule has 0 aliphatic rings. The molecule has 0 heteroatoms. The summed E-state index contributed by atoms with van der Waals surface area (Å²) in [7, 11) is 0. The summed E-state index contributed by atoms with van der Waals surface area (Å²) in [6.45, 7) is 74.0. The minimum atomic E-state index is 0. The number of benzene rings is 4. The predicted molar refractivity (Wildman–Crippen MR) is 388 cm³/mol. The molecule has 4 rings (SSSR count). The van der Waals surface area contributed by atoms with Crippen molar-refractivity contribution in [3.8, 4) is 0 Å². The maximum absolute atomic E-state index is 3.36. The van der Waals surface area contributed by atoms with E-state index in [0.717, 1.165) is 88.8 Å². The van der Waals surface area contributed by atoms with Gasteiger partial charge in [0.2, 0.25) is 0 Å². The fraction of sp³-hybridized carbons (Fsp3) is 0.679. The monoisotopic (exact) mass is 1130 g/mol. The molecular formula is C81H154. The van der Waals surface area contributed by atoms with Gasteiger partial charge in [0, 0.05) is 0 Å². The van der Waals surface area contributed by atoms with Gasteiger partial charge in [-0.05, 0) is 150 Å². The molecule has 0 fully saturated rings. The SMILES string of the molecule is C.C.C=CC.CC.CC.CC.CC.CC(C)CC(C)C(C)C.CC(C)CC(c1ccccc1)C(C)C.CC(C)CC(c1ccccc1)C(C)C.CC(C)CC(c1ccccc1)C(C)C.CC(C)CC(c1ccccc1)C(C)C.CCC. The van der Waals surface area contributed by atoms with Crippen molar-refractivity contribution in [3.05, 3.63) is 156 Å². The minimum Gasteiger partial charge on any atom is -0.103 e. The van der Waals surface area contributed by atoms with E-state index < -0.39 is 0 Å². The number of rotatable bonds is 19. The number of hydrogen-bond acceptors (Lipinski definition) is 0. The van der Waals surface area contributed by atoms with Gasteiger partial charge in [0.25, 0.3) is 0 Å². The molecule has 0 saturated carbocycles. The second-order valence-electron chi connectivity index (χ2n) is 24.5. The Kier molecular flexibility index (Phi) is 80.5. The van der Waals surface area contributed by atoms with E-state index in [2.05, 4.69) is 287 Å². The van der Waals surface area contributed by atoms with Crippen LogP contribution in [0.15, 0.2) is 134 Å². The van der Waals surface area contributed by atoms with Crippen LogP contribution in [0.25, 0.3) is 0 Å². The topological polar surface area (TPSA) is 0 Å². The fourth-order valence-corrected chi connectivity index (χ4v) is 9.02. The smallest absolute Gasteiger partial charge is 0.0136 e. The largest absolute Gasteiger partial charge is 0.103 e. The first-order valence-corrected chi connectivity index (χ1v) is 33.1. The zero-order chi connectivity index (χ0) is 63.1. The number of hydrogen-bond donors (Lipinski definition) is 0. The van der Waals surface area contributed by atoms with Crippen molar-refractivity contribution in [1.82, 2.24) is 0 Å². The van der Waals surface area contributed by atoms with E-state index in [1.165, 1.54) is 60.8 Å². The van der Waals surface area contributed by atoms with Crippen molar-refractivity contribution in [2.24, 2.45) is 65.1 Å². The highest BCUT2D eigenvalue weighted by atomic mass is 14.2. The molecule has 4 aromatic rings. The summed E-state index contributed by atoms with van der Waals surface area (Å²) in [4.78, 5) is 0. The van der Waals surface area contributed by atoms with E-state index in [1.54, 1.807) is 6.08 Å². The molecule has 478 valence electrons. The molecule has 0 saturated heterocycles. The highest BCUT2D eigenvalue weighted by Gasteiger charge is 2.19. The van der Waals surface area contributed by atoms with Gasteiger partial charge < -0.3 is 0 Å². The highest BCUT2D eigenvalue weighted by molar-refractivity contribution is 5.22. The molecule has 0 aromatic heterocycles. The third kappa shape index (κ3) is 59.6. The molecule has 0 bridgehead atoms. The predicted octanol–water partition coefficient (Wildman–Crippen LogP) is 29.2. The summed E-state index contributed by atoms with van der Waals surface area (Å²) in [6, 6.07) is 43.6. The highest BCUT2D eigenvalue weighted by Crippen LogP contribution is 2.33. The van der Waals surface area contributed by atoms with Crippen LogP contribution >= 0.6 is 0 Å². The molecule has 0 aliphatic heterocycles. The molecule has 0 heterocycles. The standard InChI is InChI=1S/4C14H22.C9H20.C3H8.C3H6.4C2H6.2CH4/c4*1-11(2)10-14(12(3)4)13-8-6-5-7-9-13;1-7(2)6-9(5)8(3)4;2*1-3-2;4*1-2;;/h4*5-9,11-12,14H,10H2,1-4H3;7-9H,6H2,1-5H3;3H2,1-2H3;3H,1H2,2H3;4*1-2H3;2*1H4. The lowest BCUT2D eigenvalue weighted by Gasteiger charge is -2.23. The van der Waals surface area contributed by atoms with E-state index in [0.29, 0.717) is 0 Å². The maximum atomic E-state index is 3.36. The first-order chi connectivity index (χ1) is 37.3. The lowest BCUT2D eigenvalue weighted by molar-refractivity contribution is 0.344. The van der Waals surface area contributed by atoms with E-state index in [4.69, 9.17) is 0 Å². The molecule has 5 atom stereocenters. The van der Waals surface area contributed by atoms with Gasteiger partial charge in [-0.2, -0.15) is 0 Å². The van der Waals surface area contributed by atoms with E-state index in [9.17, 15) is 0 Å². The van der Waals surface area contributed by atoms with Crippen LogP contribution in [-0.2, 0) is 0 Å². The summed E-state index contributed by atoms with van der Waals surface area (Å²) in [6.07, 6.45) is 9.55. The van der Waals surface area contributed by atoms with Gasteiger partial charge in [-0.1, -0.05) is 363 Å². The van der Waals surface area contributed by atoms with Crippen molar-refractivity contribution in [2.75, 3.05) is 0 Å². The van der Waals surface area contributed by atoms with Gasteiger partial charge in [0.1, 0.15) is 0 Å². The van der Waals surface area contributed by atoms with Crippen LogP contribution in [0.4, 0.5) is 0 Å². The summed E-state index contributed by atoms with van der Waals surface area (Å²) in [5.41, 5.74) is 5.99. The molecule has 0 spiro atoms. The Morgan fingerprint density at radius 1 is 0.284 bits per heavy atom. The van der Waals surface area contributed by atoms with Crippen LogP contribution in [0.3, 0.4) is 0 Å². The van der Waals surface area contributed by atoms with Gasteiger partial charge in [-0.25, -0.2) is 0 Å². The second kappa shape index (κ2) is 67.4. The Hall–Kier alpha value is -3.38. The zero-order valence-corrected chi connectivity index (χ0v) is 59.7. The van der Waals surface area contributed by atoms with E-state index in [-0.39, 0.29) is 14.9 Å². The van der Waals surface area contributed by atoms with Gasteiger partial charge in [0.15, 0.2) is 0 Å². The molecule has 4 aromatic carbocycles. The average Bonchev–Trinajstić information content (AvgIpc) is 3.42. The van der Waals surface area contributed by atoms with Crippen LogP contribution < -0.4 is 0 Å². The average molecular weight is 1130 g/mol. The Morgan fingerprint density at radius 2 is 0.420 bits per heavy atom. The number of allylic oxidation sites excluding steroid dienone is 1. The lowest BCUT2D eigenvalue weighted by atomic mass is 9.82. The molecule has 0 nitrogen and oxygen atoms in total. The summed E-state index contributed by atoms with van der Waals surface area (Å²) in [5.74, 6) is 11.6. The van der Waals surface area contributed by atoms with Gasteiger partial charge in [-0.3, -0.25) is 0 Å². The third-order valence-corrected chi connectivity index (χ3v) is 13.0.